The molecule has 0 aliphatic rings. The molecule has 0 aliphatic heterocycles. The molecule has 0 unspecified atom stereocenters. The van der Waals surface area contributed by atoms with Crippen molar-refractivity contribution >= 4 is 5.97 Å². The van der Waals surface area contributed by atoms with Crippen molar-refractivity contribution in [2.24, 2.45) is 5.73 Å². The second-order valence-corrected chi connectivity index (χ2v) is 3.55. The maximum Gasteiger partial charge on any atom is 0.305 e. The van der Waals surface area contributed by atoms with Gasteiger partial charge in [0.2, 0.25) is 0 Å². The molecule has 94 valence electrons. The molecule has 5 heteroatoms. The SMILES string of the molecule is CCOc1ccc([C@@H](N)CC(=O)O)cc1OC. The molecule has 0 heterocycles. The Kier molecular flexibility index (Phi) is 4.78. The molecule has 0 saturated heterocycles. The minimum Gasteiger partial charge on any atom is -0.493 e. The molecule has 0 bridgehead atoms. The highest BCUT2D eigenvalue weighted by Gasteiger charge is 2.13. The Morgan fingerprint density at radius 2 is 2.18 bits per heavy atom. The lowest BCUT2D eigenvalue weighted by atomic mass is 10.0. The van der Waals surface area contributed by atoms with E-state index in [9.17, 15) is 4.79 Å². The van der Waals surface area contributed by atoms with Crippen molar-refractivity contribution in [3.8, 4) is 11.5 Å². The van der Waals surface area contributed by atoms with Gasteiger partial charge in [-0.1, -0.05) is 6.07 Å². The maximum absolute atomic E-state index is 10.6. The highest BCUT2D eigenvalue weighted by atomic mass is 16.5. The van der Waals surface area contributed by atoms with Gasteiger partial charge in [0.15, 0.2) is 11.5 Å². The van der Waals surface area contributed by atoms with Gasteiger partial charge in [-0.2, -0.15) is 0 Å². The summed E-state index contributed by atoms with van der Waals surface area (Å²) in [5.41, 5.74) is 6.48. The van der Waals surface area contributed by atoms with E-state index in [1.165, 1.54) is 7.11 Å². The van der Waals surface area contributed by atoms with Crippen LogP contribution in [0.25, 0.3) is 0 Å². The molecule has 1 aromatic rings. The van der Waals surface area contributed by atoms with Crippen LogP contribution < -0.4 is 15.2 Å². The number of hydrogen-bond donors (Lipinski definition) is 2. The Morgan fingerprint density at radius 3 is 2.71 bits per heavy atom. The zero-order valence-electron chi connectivity index (χ0n) is 9.97. The number of ether oxygens (including phenoxy) is 2. The van der Waals surface area contributed by atoms with Crippen LogP contribution in [0.1, 0.15) is 24.9 Å². The first kappa shape index (κ1) is 13.3. The van der Waals surface area contributed by atoms with Crippen LogP contribution in [0.5, 0.6) is 11.5 Å². The minimum atomic E-state index is -0.926. The van der Waals surface area contributed by atoms with Gasteiger partial charge in [0, 0.05) is 6.04 Å². The zero-order valence-corrected chi connectivity index (χ0v) is 9.97. The zero-order chi connectivity index (χ0) is 12.8. The standard InChI is InChI=1S/C12H17NO4/c1-3-17-10-5-4-8(6-11(10)16-2)9(13)7-12(14)15/h4-6,9H,3,7,13H2,1-2H3,(H,14,15)/t9-/m0/s1. The van der Waals surface area contributed by atoms with Gasteiger partial charge >= 0.3 is 5.97 Å². The molecule has 0 amide bonds. The number of rotatable bonds is 6. The van der Waals surface area contributed by atoms with Crippen LogP contribution in [0.4, 0.5) is 0 Å². The number of aliphatic carboxylic acids is 1. The van der Waals surface area contributed by atoms with E-state index < -0.39 is 12.0 Å². The maximum atomic E-state index is 10.6. The summed E-state index contributed by atoms with van der Waals surface area (Å²) in [7, 11) is 1.53. The van der Waals surface area contributed by atoms with Crippen LogP contribution in [-0.2, 0) is 4.79 Å². The minimum absolute atomic E-state index is 0.114. The number of methoxy groups -OCH3 is 1. The summed E-state index contributed by atoms with van der Waals surface area (Å²) >= 11 is 0. The summed E-state index contributed by atoms with van der Waals surface area (Å²) in [5.74, 6) is 0.261. The predicted molar refractivity (Wildman–Crippen MR) is 63.3 cm³/mol. The van der Waals surface area contributed by atoms with Gasteiger partial charge in [0.25, 0.3) is 0 Å². The third-order valence-electron chi connectivity index (χ3n) is 2.31. The third kappa shape index (κ3) is 3.64. The summed E-state index contributed by atoms with van der Waals surface area (Å²) in [4.78, 5) is 10.6. The third-order valence-corrected chi connectivity index (χ3v) is 2.31. The Balaban J connectivity index is 2.92. The van der Waals surface area contributed by atoms with Crippen molar-refractivity contribution in [3.05, 3.63) is 23.8 Å². The van der Waals surface area contributed by atoms with Crippen molar-refractivity contribution in [1.82, 2.24) is 0 Å². The number of nitrogens with two attached hydrogens (primary N) is 1. The second kappa shape index (κ2) is 6.10. The Hall–Kier alpha value is -1.75. The number of benzene rings is 1. The lowest BCUT2D eigenvalue weighted by Gasteiger charge is -2.14. The normalized spacial score (nSPS) is 11.9. The lowest BCUT2D eigenvalue weighted by molar-refractivity contribution is -0.137. The first-order valence-electron chi connectivity index (χ1n) is 5.36. The summed E-state index contributed by atoms with van der Waals surface area (Å²) in [6.07, 6.45) is -0.114. The fourth-order valence-corrected chi connectivity index (χ4v) is 1.50. The molecule has 0 saturated carbocycles. The van der Waals surface area contributed by atoms with Crippen LogP contribution in [0.15, 0.2) is 18.2 Å². The largest absolute Gasteiger partial charge is 0.493 e. The molecule has 0 aromatic heterocycles. The van der Waals surface area contributed by atoms with Crippen LogP contribution in [0.2, 0.25) is 0 Å². The van der Waals surface area contributed by atoms with Crippen molar-refractivity contribution in [3.63, 3.8) is 0 Å². The summed E-state index contributed by atoms with van der Waals surface area (Å²) in [6, 6.07) is 4.65. The quantitative estimate of drug-likeness (QED) is 0.787. The number of carbonyl (C=O) groups is 1. The molecule has 0 aliphatic carbocycles. The van der Waals surface area contributed by atoms with E-state index >= 15 is 0 Å². The van der Waals surface area contributed by atoms with Gasteiger partial charge in [-0.15, -0.1) is 0 Å². The fraction of sp³-hybridized carbons (Fsp3) is 0.417. The molecule has 17 heavy (non-hydrogen) atoms. The smallest absolute Gasteiger partial charge is 0.305 e. The van der Waals surface area contributed by atoms with Crippen molar-refractivity contribution in [1.29, 1.82) is 0 Å². The lowest BCUT2D eigenvalue weighted by Crippen LogP contribution is -2.15. The van der Waals surface area contributed by atoms with Gasteiger partial charge in [-0.25, -0.2) is 0 Å². The first-order chi connectivity index (χ1) is 8.08. The van der Waals surface area contributed by atoms with Crippen LogP contribution in [0.3, 0.4) is 0 Å². The van der Waals surface area contributed by atoms with Crippen molar-refractivity contribution < 1.29 is 19.4 Å². The summed E-state index contributed by atoms with van der Waals surface area (Å²) in [5, 5.41) is 8.67. The Labute approximate surface area is 100 Å². The molecule has 3 N–H and O–H groups in total. The molecule has 1 rings (SSSR count). The first-order valence-corrected chi connectivity index (χ1v) is 5.36. The number of carboxylic acid groups (broad SMARTS) is 1. The molecule has 1 aromatic carbocycles. The predicted octanol–water partition coefficient (Wildman–Crippen LogP) is 1.57. The highest BCUT2D eigenvalue weighted by molar-refractivity contribution is 5.68. The Bertz CT molecular complexity index is 392. The molecule has 0 fully saturated rings. The van der Waals surface area contributed by atoms with Gasteiger partial charge in [0.1, 0.15) is 0 Å². The number of hydrogen-bond acceptors (Lipinski definition) is 4. The Morgan fingerprint density at radius 1 is 1.47 bits per heavy atom. The van der Waals surface area contributed by atoms with Crippen molar-refractivity contribution in [2.45, 2.75) is 19.4 Å². The molecule has 5 nitrogen and oxygen atoms in total. The summed E-state index contributed by atoms with van der Waals surface area (Å²) < 4.78 is 10.5. The molecular formula is C12H17NO4. The highest BCUT2D eigenvalue weighted by Crippen LogP contribution is 2.30. The topological polar surface area (TPSA) is 81.8 Å². The van der Waals surface area contributed by atoms with E-state index in [2.05, 4.69) is 0 Å². The van der Waals surface area contributed by atoms with E-state index in [0.717, 1.165) is 0 Å². The van der Waals surface area contributed by atoms with Crippen LogP contribution in [0, 0.1) is 0 Å². The van der Waals surface area contributed by atoms with E-state index in [1.54, 1.807) is 18.2 Å². The van der Waals surface area contributed by atoms with E-state index in [0.29, 0.717) is 23.7 Å². The van der Waals surface area contributed by atoms with Crippen molar-refractivity contribution in [2.75, 3.05) is 13.7 Å². The van der Waals surface area contributed by atoms with E-state index in [-0.39, 0.29) is 6.42 Å². The monoisotopic (exact) mass is 239 g/mol. The molecule has 1 atom stereocenters. The summed E-state index contributed by atoms with van der Waals surface area (Å²) in [6.45, 7) is 2.42. The van der Waals surface area contributed by atoms with E-state index in [4.69, 9.17) is 20.3 Å². The van der Waals surface area contributed by atoms with Crippen LogP contribution in [-0.4, -0.2) is 24.8 Å². The van der Waals surface area contributed by atoms with Gasteiger partial charge < -0.3 is 20.3 Å². The molecule has 0 radical (unpaired) electrons. The van der Waals surface area contributed by atoms with Gasteiger partial charge in [-0.05, 0) is 24.6 Å². The molecular weight excluding hydrogens is 222 g/mol. The van der Waals surface area contributed by atoms with E-state index in [1.807, 2.05) is 6.92 Å². The average Bonchev–Trinajstić information content (AvgIpc) is 2.29. The average molecular weight is 239 g/mol. The molecule has 0 spiro atoms. The van der Waals surface area contributed by atoms with Gasteiger partial charge in [0.05, 0.1) is 20.1 Å². The fourth-order valence-electron chi connectivity index (χ4n) is 1.50. The van der Waals surface area contributed by atoms with Gasteiger partial charge in [-0.3, -0.25) is 4.79 Å². The second-order valence-electron chi connectivity index (χ2n) is 3.55. The van der Waals surface area contributed by atoms with Crippen LogP contribution >= 0.6 is 0 Å². The number of carboxylic acids is 1.